The van der Waals surface area contributed by atoms with Crippen LogP contribution in [0.3, 0.4) is 0 Å². The number of aromatic nitrogens is 4. The highest BCUT2D eigenvalue weighted by Gasteiger charge is 2.50. The maximum atomic E-state index is 12.0. The Morgan fingerprint density at radius 3 is 2.68 bits per heavy atom. The van der Waals surface area contributed by atoms with Crippen LogP contribution in [-0.4, -0.2) is 42.9 Å². The van der Waals surface area contributed by atoms with Crippen LogP contribution in [0.25, 0.3) is 0 Å². The monoisotopic (exact) mass is 367 g/mol. The van der Waals surface area contributed by atoms with Crippen molar-refractivity contribution < 1.29 is 14.7 Å². The summed E-state index contributed by atoms with van der Waals surface area (Å²) in [5.41, 5.74) is -0.0175. The van der Waals surface area contributed by atoms with E-state index in [4.69, 9.17) is 0 Å². The smallest absolute Gasteiger partial charge is 0.352 e. The first-order valence-electron chi connectivity index (χ1n) is 8.41. The topological polar surface area (TPSA) is 110 Å². The van der Waals surface area contributed by atoms with E-state index in [0.29, 0.717) is 6.42 Å². The third kappa shape index (κ3) is 5.84. The molecule has 0 radical (unpaired) electrons. The molecule has 1 amide bonds. The van der Waals surface area contributed by atoms with Crippen molar-refractivity contribution in [1.29, 1.82) is 0 Å². The lowest BCUT2D eigenvalue weighted by Crippen LogP contribution is -2.29. The van der Waals surface area contributed by atoms with Gasteiger partial charge in [-0.1, -0.05) is 38.1 Å². The van der Waals surface area contributed by atoms with Crippen LogP contribution in [0.15, 0.2) is 16.9 Å². The number of nitrogens with zero attached hydrogens (tertiary/aromatic N) is 4. The van der Waals surface area contributed by atoms with Gasteiger partial charge in [0.05, 0.1) is 0 Å². The molecule has 1 aromatic rings. The molecule has 1 unspecified atom stereocenters. The summed E-state index contributed by atoms with van der Waals surface area (Å²) in [6.07, 6.45) is 5.90. The maximum absolute atomic E-state index is 12.0. The van der Waals surface area contributed by atoms with Gasteiger partial charge in [-0.3, -0.25) is 4.79 Å². The van der Waals surface area contributed by atoms with E-state index in [1.807, 2.05) is 13.8 Å². The minimum absolute atomic E-state index is 0.00719. The highest BCUT2D eigenvalue weighted by atomic mass is 32.2. The quantitative estimate of drug-likeness (QED) is 0.370. The molecule has 1 aliphatic rings. The second kappa shape index (κ2) is 8.46. The third-order valence-corrected chi connectivity index (χ3v) is 5.42. The Kier molecular flexibility index (Phi) is 6.57. The molecule has 0 aromatic carbocycles. The van der Waals surface area contributed by atoms with Crippen LogP contribution in [0.4, 0.5) is 0 Å². The number of aryl methyl sites for hydroxylation is 1. The van der Waals surface area contributed by atoms with Crippen molar-refractivity contribution in [2.45, 2.75) is 51.1 Å². The molecule has 0 saturated heterocycles. The number of amides is 1. The first kappa shape index (κ1) is 19.4. The minimum atomic E-state index is -1.09. The molecule has 1 aromatic heterocycles. The number of carboxylic acid groups (broad SMARTS) is 1. The second-order valence-corrected chi connectivity index (χ2v) is 8.00. The highest BCUT2D eigenvalue weighted by molar-refractivity contribution is 7.99. The van der Waals surface area contributed by atoms with E-state index in [2.05, 4.69) is 20.8 Å². The largest absolute Gasteiger partial charge is 0.477 e. The molecular weight excluding hydrogens is 342 g/mol. The fourth-order valence-electron chi connectivity index (χ4n) is 2.50. The molecule has 0 aliphatic heterocycles. The summed E-state index contributed by atoms with van der Waals surface area (Å²) >= 11 is 1.60. The van der Waals surface area contributed by atoms with Gasteiger partial charge in [0, 0.05) is 18.7 Å². The number of thioether (sulfide) groups is 1. The molecule has 8 nitrogen and oxygen atoms in total. The number of aliphatic carboxylic acids is 1. The first-order valence-corrected chi connectivity index (χ1v) is 9.39. The van der Waals surface area contributed by atoms with Crippen molar-refractivity contribution in [2.75, 3.05) is 5.75 Å². The summed E-state index contributed by atoms with van der Waals surface area (Å²) in [7, 11) is 1.80. The Balaban J connectivity index is 1.65. The van der Waals surface area contributed by atoms with Crippen LogP contribution < -0.4 is 5.32 Å². The molecule has 2 rings (SSSR count). The number of nitrogens with one attached hydrogen (secondary N) is 1. The van der Waals surface area contributed by atoms with Crippen LogP contribution in [0.5, 0.6) is 0 Å². The Labute approximate surface area is 151 Å². The molecule has 0 spiro atoms. The lowest BCUT2D eigenvalue weighted by atomic mass is 10.1. The van der Waals surface area contributed by atoms with Crippen LogP contribution in [0.1, 0.15) is 46.0 Å². The number of carboxylic acids is 1. The number of tetrazole rings is 1. The number of carbonyl (C=O) groups is 2. The summed E-state index contributed by atoms with van der Waals surface area (Å²) in [5, 5.41) is 23.8. The van der Waals surface area contributed by atoms with Crippen LogP contribution in [0.2, 0.25) is 0 Å². The molecule has 1 saturated carbocycles. The van der Waals surface area contributed by atoms with E-state index >= 15 is 0 Å². The Morgan fingerprint density at radius 1 is 1.40 bits per heavy atom. The summed E-state index contributed by atoms with van der Waals surface area (Å²) in [4.78, 5) is 23.3. The van der Waals surface area contributed by atoms with Crippen molar-refractivity contribution in [3.8, 4) is 0 Å². The molecular formula is C16H25N5O3S. The number of hydrogen-bond donors (Lipinski definition) is 2. The Morgan fingerprint density at radius 2 is 2.12 bits per heavy atom. The Bertz CT molecular complexity index is 656. The molecule has 1 heterocycles. The van der Waals surface area contributed by atoms with E-state index in [1.165, 1.54) is 0 Å². The zero-order valence-corrected chi connectivity index (χ0v) is 15.7. The molecule has 1 aliphatic carbocycles. The van der Waals surface area contributed by atoms with Gasteiger partial charge < -0.3 is 10.4 Å². The molecule has 138 valence electrons. The van der Waals surface area contributed by atoms with Crippen LogP contribution in [0, 0.1) is 11.3 Å². The van der Waals surface area contributed by atoms with Crippen LogP contribution in [-0.2, 0) is 16.6 Å². The molecule has 9 heteroatoms. The highest BCUT2D eigenvalue weighted by Crippen LogP contribution is 2.51. The normalized spacial score (nSPS) is 18.8. The molecule has 1 fully saturated rings. The summed E-state index contributed by atoms with van der Waals surface area (Å²) < 4.78 is 1.64. The van der Waals surface area contributed by atoms with Crippen molar-refractivity contribution in [2.24, 2.45) is 18.4 Å². The van der Waals surface area contributed by atoms with E-state index in [-0.39, 0.29) is 22.9 Å². The van der Waals surface area contributed by atoms with Gasteiger partial charge >= 0.3 is 5.97 Å². The van der Waals surface area contributed by atoms with E-state index < -0.39 is 5.97 Å². The van der Waals surface area contributed by atoms with E-state index in [1.54, 1.807) is 29.6 Å². The number of allylic oxidation sites excluding steroid dienone is 1. The lowest BCUT2D eigenvalue weighted by molar-refractivity contribution is -0.135. The maximum Gasteiger partial charge on any atom is 0.352 e. The number of carbonyl (C=O) groups excluding carboxylic acids is 1. The van der Waals surface area contributed by atoms with Crippen molar-refractivity contribution in [3.05, 3.63) is 11.8 Å². The summed E-state index contributed by atoms with van der Waals surface area (Å²) in [5.74, 6) is -0.441. The third-order valence-electron chi connectivity index (χ3n) is 4.33. The fourth-order valence-corrected chi connectivity index (χ4v) is 3.35. The predicted octanol–water partition coefficient (Wildman–Crippen LogP) is 1.99. The number of hydrogen-bond acceptors (Lipinski definition) is 6. The standard InChI is InChI=1S/C16H25N5O3S/c1-16(2)10-11(16)13(22)17-12(14(23)24)8-6-4-5-7-9-25-15-18-19-20-21(15)3/h8,11H,4-7,9-10H2,1-3H3,(H,17,22)(H,23,24)/b12-8-. The van der Waals surface area contributed by atoms with Gasteiger partial charge in [-0.05, 0) is 41.5 Å². The van der Waals surface area contributed by atoms with Gasteiger partial charge in [0.2, 0.25) is 11.1 Å². The average molecular weight is 367 g/mol. The fraction of sp³-hybridized carbons (Fsp3) is 0.688. The average Bonchev–Trinajstić information content (AvgIpc) is 2.99. The summed E-state index contributed by atoms with van der Waals surface area (Å²) in [6, 6.07) is 0. The van der Waals surface area contributed by atoms with Gasteiger partial charge in [0.1, 0.15) is 5.70 Å². The van der Waals surface area contributed by atoms with Crippen molar-refractivity contribution in [3.63, 3.8) is 0 Å². The lowest BCUT2D eigenvalue weighted by Gasteiger charge is -2.07. The van der Waals surface area contributed by atoms with E-state index in [9.17, 15) is 14.7 Å². The molecule has 0 bridgehead atoms. The van der Waals surface area contributed by atoms with Gasteiger partial charge in [0.15, 0.2) is 0 Å². The zero-order valence-electron chi connectivity index (χ0n) is 14.9. The zero-order chi connectivity index (χ0) is 18.4. The van der Waals surface area contributed by atoms with Crippen LogP contribution >= 0.6 is 11.8 Å². The van der Waals surface area contributed by atoms with Crippen molar-refractivity contribution >= 4 is 23.6 Å². The molecule has 25 heavy (non-hydrogen) atoms. The van der Waals surface area contributed by atoms with Gasteiger partial charge in [-0.15, -0.1) is 5.10 Å². The minimum Gasteiger partial charge on any atom is -0.477 e. The predicted molar refractivity (Wildman–Crippen MR) is 93.7 cm³/mol. The van der Waals surface area contributed by atoms with E-state index in [0.717, 1.165) is 36.6 Å². The number of unbranched alkanes of at least 4 members (excludes halogenated alkanes) is 3. The second-order valence-electron chi connectivity index (χ2n) is 6.94. The molecule has 2 N–H and O–H groups in total. The Hall–Kier alpha value is -1.90. The summed E-state index contributed by atoms with van der Waals surface area (Å²) in [6.45, 7) is 4.02. The number of rotatable bonds is 10. The van der Waals surface area contributed by atoms with Gasteiger partial charge in [-0.2, -0.15) is 0 Å². The molecule has 1 atom stereocenters. The van der Waals surface area contributed by atoms with Gasteiger partial charge in [0.25, 0.3) is 0 Å². The van der Waals surface area contributed by atoms with Gasteiger partial charge in [-0.25, -0.2) is 9.48 Å². The van der Waals surface area contributed by atoms with Crippen molar-refractivity contribution in [1.82, 2.24) is 25.5 Å². The first-order chi connectivity index (χ1) is 11.8. The SMILES string of the molecule is Cn1nnnc1SCCCCC/C=C(\NC(=O)C1CC1(C)C)C(=O)O.